The first-order valence-corrected chi connectivity index (χ1v) is 4.55. The number of hydrogen-bond donors (Lipinski definition) is 3. The molecule has 0 unspecified atom stereocenters. The van der Waals surface area contributed by atoms with Gasteiger partial charge in [0.25, 0.3) is 0 Å². The molecular weight excluding hydrogens is 192 g/mol. The van der Waals surface area contributed by atoms with Gasteiger partial charge in [0, 0.05) is 12.6 Å². The third-order valence-corrected chi connectivity index (χ3v) is 2.11. The second-order valence-corrected chi connectivity index (χ2v) is 3.17. The summed E-state index contributed by atoms with van der Waals surface area (Å²) >= 11 is 0. The summed E-state index contributed by atoms with van der Waals surface area (Å²) in [6.45, 7) is 0.324. The molecule has 0 atom stereocenters. The van der Waals surface area contributed by atoms with E-state index in [1.165, 1.54) is 4.68 Å². The fourth-order valence-electron chi connectivity index (χ4n) is 1.38. The molecule has 5 N–H and O–H groups in total. The van der Waals surface area contributed by atoms with Crippen molar-refractivity contribution >= 4 is 5.82 Å². The van der Waals surface area contributed by atoms with Gasteiger partial charge in [-0.15, -0.1) is 0 Å². The lowest BCUT2D eigenvalue weighted by Gasteiger charge is -2.05. The van der Waals surface area contributed by atoms with Crippen LogP contribution in [0.25, 0.3) is 5.69 Å². The minimum atomic E-state index is 0.135. The van der Waals surface area contributed by atoms with Crippen molar-refractivity contribution in [3.63, 3.8) is 0 Å². The Balaban J connectivity index is 2.54. The largest absolute Gasteiger partial charge is 0.506 e. The number of hydrogen-bond acceptors (Lipinski definition) is 4. The molecule has 0 saturated heterocycles. The normalized spacial score (nSPS) is 10.5. The highest BCUT2D eigenvalue weighted by atomic mass is 16.3. The van der Waals surface area contributed by atoms with E-state index in [2.05, 4.69) is 5.10 Å². The molecule has 1 heterocycles. The third-order valence-electron chi connectivity index (χ3n) is 2.11. The van der Waals surface area contributed by atoms with Gasteiger partial charge in [0.1, 0.15) is 17.3 Å². The van der Waals surface area contributed by atoms with Crippen LogP contribution in [0.15, 0.2) is 30.3 Å². The Morgan fingerprint density at radius 1 is 1.33 bits per heavy atom. The van der Waals surface area contributed by atoms with E-state index in [0.29, 0.717) is 23.7 Å². The molecule has 0 fully saturated rings. The number of nitrogens with zero attached hydrogens (tertiary/aromatic N) is 2. The highest BCUT2D eigenvalue weighted by Crippen LogP contribution is 2.23. The molecule has 5 nitrogen and oxygen atoms in total. The van der Waals surface area contributed by atoms with E-state index in [-0.39, 0.29) is 5.75 Å². The van der Waals surface area contributed by atoms with Crippen LogP contribution in [0.4, 0.5) is 5.82 Å². The summed E-state index contributed by atoms with van der Waals surface area (Å²) in [5, 5.41) is 13.8. The van der Waals surface area contributed by atoms with E-state index < -0.39 is 0 Å². The van der Waals surface area contributed by atoms with E-state index in [0.717, 1.165) is 0 Å². The maximum absolute atomic E-state index is 9.62. The van der Waals surface area contributed by atoms with Gasteiger partial charge >= 0.3 is 0 Å². The van der Waals surface area contributed by atoms with Crippen LogP contribution in [0.3, 0.4) is 0 Å². The highest BCUT2D eigenvalue weighted by molar-refractivity contribution is 5.50. The standard InChI is InChI=1S/C10H12N4O/c11-6-7-5-10(12)14(13-7)8-3-1-2-4-9(8)15/h1-5,15H,6,11-12H2. The Kier molecular flexibility index (Phi) is 2.31. The number of phenols is 1. The Morgan fingerprint density at radius 2 is 2.07 bits per heavy atom. The molecule has 0 radical (unpaired) electrons. The van der Waals surface area contributed by atoms with Gasteiger partial charge in [-0.05, 0) is 12.1 Å². The van der Waals surface area contributed by atoms with Crippen molar-refractivity contribution in [1.29, 1.82) is 0 Å². The zero-order chi connectivity index (χ0) is 10.8. The molecule has 0 bridgehead atoms. The number of benzene rings is 1. The summed E-state index contributed by atoms with van der Waals surface area (Å²) in [7, 11) is 0. The quantitative estimate of drug-likeness (QED) is 0.668. The second-order valence-electron chi connectivity index (χ2n) is 3.17. The van der Waals surface area contributed by atoms with Gasteiger partial charge in [0.2, 0.25) is 0 Å². The van der Waals surface area contributed by atoms with Gasteiger partial charge < -0.3 is 16.6 Å². The van der Waals surface area contributed by atoms with E-state index in [4.69, 9.17) is 11.5 Å². The molecule has 5 heteroatoms. The SMILES string of the molecule is NCc1cc(N)n(-c2ccccc2O)n1. The second kappa shape index (κ2) is 3.62. The molecule has 0 saturated carbocycles. The Bertz CT molecular complexity index is 478. The first-order chi connectivity index (χ1) is 7.22. The summed E-state index contributed by atoms with van der Waals surface area (Å²) in [5.74, 6) is 0.591. The van der Waals surface area contributed by atoms with Crippen LogP contribution in [-0.4, -0.2) is 14.9 Å². The average molecular weight is 204 g/mol. The molecule has 0 aliphatic rings. The number of rotatable bonds is 2. The fourth-order valence-corrected chi connectivity index (χ4v) is 1.38. The monoisotopic (exact) mass is 204 g/mol. The van der Waals surface area contributed by atoms with Gasteiger partial charge in [-0.2, -0.15) is 5.10 Å². The first-order valence-electron chi connectivity index (χ1n) is 4.55. The summed E-state index contributed by atoms with van der Waals surface area (Å²) in [6, 6.07) is 8.55. The molecule has 0 aliphatic heterocycles. The van der Waals surface area contributed by atoms with Crippen molar-refractivity contribution in [1.82, 2.24) is 9.78 Å². The number of aromatic nitrogens is 2. The van der Waals surface area contributed by atoms with Gasteiger partial charge in [-0.3, -0.25) is 0 Å². The lowest BCUT2D eigenvalue weighted by molar-refractivity contribution is 0.470. The number of aromatic hydroxyl groups is 1. The molecule has 1 aromatic heterocycles. The maximum Gasteiger partial charge on any atom is 0.141 e. The zero-order valence-electron chi connectivity index (χ0n) is 8.09. The van der Waals surface area contributed by atoms with Crippen LogP contribution in [-0.2, 0) is 6.54 Å². The molecule has 15 heavy (non-hydrogen) atoms. The van der Waals surface area contributed by atoms with Crippen molar-refractivity contribution in [3.8, 4) is 11.4 Å². The van der Waals surface area contributed by atoms with Crippen LogP contribution < -0.4 is 11.5 Å². The predicted molar refractivity (Wildman–Crippen MR) is 57.5 cm³/mol. The van der Waals surface area contributed by atoms with Gasteiger partial charge in [0.05, 0.1) is 5.69 Å². The molecular formula is C10H12N4O. The van der Waals surface area contributed by atoms with E-state index in [9.17, 15) is 5.11 Å². The molecule has 2 rings (SSSR count). The van der Waals surface area contributed by atoms with Crippen molar-refractivity contribution in [3.05, 3.63) is 36.0 Å². The summed E-state index contributed by atoms with van der Waals surface area (Å²) < 4.78 is 1.47. The molecule has 0 amide bonds. The van der Waals surface area contributed by atoms with Crippen LogP contribution in [0.2, 0.25) is 0 Å². The van der Waals surface area contributed by atoms with Crippen molar-refractivity contribution in [2.75, 3.05) is 5.73 Å². The highest BCUT2D eigenvalue weighted by Gasteiger charge is 2.08. The lowest BCUT2D eigenvalue weighted by atomic mass is 10.3. The maximum atomic E-state index is 9.62. The van der Waals surface area contributed by atoms with Gasteiger partial charge in [0.15, 0.2) is 0 Å². The van der Waals surface area contributed by atoms with Gasteiger partial charge in [-0.1, -0.05) is 12.1 Å². The Morgan fingerprint density at radius 3 is 2.67 bits per heavy atom. The predicted octanol–water partition coefficient (Wildman–Crippen LogP) is 0.619. The molecule has 0 aliphatic carbocycles. The van der Waals surface area contributed by atoms with E-state index in [1.54, 1.807) is 30.3 Å². The smallest absolute Gasteiger partial charge is 0.141 e. The average Bonchev–Trinajstić information content (AvgIpc) is 2.60. The van der Waals surface area contributed by atoms with Crippen molar-refractivity contribution in [2.45, 2.75) is 6.54 Å². The number of para-hydroxylation sites is 2. The van der Waals surface area contributed by atoms with Crippen LogP contribution in [0.5, 0.6) is 5.75 Å². The summed E-state index contributed by atoms with van der Waals surface area (Å²) in [6.07, 6.45) is 0. The molecule has 78 valence electrons. The Hall–Kier alpha value is -2.01. The number of nitrogen functional groups attached to an aromatic ring is 1. The van der Waals surface area contributed by atoms with Crippen LogP contribution in [0, 0.1) is 0 Å². The lowest BCUT2D eigenvalue weighted by Crippen LogP contribution is -2.03. The van der Waals surface area contributed by atoms with Crippen molar-refractivity contribution in [2.24, 2.45) is 5.73 Å². The number of nitrogens with two attached hydrogens (primary N) is 2. The molecule has 0 spiro atoms. The number of anilines is 1. The molecule has 1 aromatic carbocycles. The summed E-state index contributed by atoms with van der Waals surface area (Å²) in [5.41, 5.74) is 12.4. The van der Waals surface area contributed by atoms with Crippen LogP contribution >= 0.6 is 0 Å². The van der Waals surface area contributed by atoms with Crippen molar-refractivity contribution < 1.29 is 5.11 Å². The zero-order valence-corrected chi connectivity index (χ0v) is 8.09. The van der Waals surface area contributed by atoms with Gasteiger partial charge in [-0.25, -0.2) is 4.68 Å². The summed E-state index contributed by atoms with van der Waals surface area (Å²) in [4.78, 5) is 0. The van der Waals surface area contributed by atoms with Crippen LogP contribution in [0.1, 0.15) is 5.69 Å². The topological polar surface area (TPSA) is 90.1 Å². The minimum Gasteiger partial charge on any atom is -0.506 e. The molecule has 2 aromatic rings. The number of phenolic OH excluding ortho intramolecular Hbond substituents is 1. The van der Waals surface area contributed by atoms with E-state index >= 15 is 0 Å². The first kappa shape index (κ1) is 9.54. The fraction of sp³-hybridized carbons (Fsp3) is 0.100. The Labute approximate surface area is 86.9 Å². The van der Waals surface area contributed by atoms with E-state index in [1.807, 2.05) is 0 Å². The third kappa shape index (κ3) is 1.64. The minimum absolute atomic E-state index is 0.135.